The first-order valence-corrected chi connectivity index (χ1v) is 5.47. The molecule has 0 aliphatic rings. The molecule has 0 spiro atoms. The van der Waals surface area contributed by atoms with Gasteiger partial charge < -0.3 is 9.88 Å². The number of aromatic nitrogens is 2. The van der Waals surface area contributed by atoms with Crippen LogP contribution >= 0.6 is 0 Å². The first-order chi connectivity index (χ1) is 8.58. The highest BCUT2D eigenvalue weighted by Gasteiger charge is 2.11. The molecule has 0 unspecified atom stereocenters. The summed E-state index contributed by atoms with van der Waals surface area (Å²) >= 11 is 0. The van der Waals surface area contributed by atoms with Gasteiger partial charge in [0.2, 0.25) is 0 Å². The molecule has 5 heteroatoms. The molecule has 0 radical (unpaired) electrons. The zero-order valence-electron chi connectivity index (χ0n) is 10.2. The van der Waals surface area contributed by atoms with Crippen LogP contribution < -0.4 is 10.9 Å². The fraction of sp³-hybridized carbons (Fsp3) is 0.154. The lowest BCUT2D eigenvalue weighted by Gasteiger charge is -2.05. The Morgan fingerprint density at radius 3 is 2.89 bits per heavy atom. The summed E-state index contributed by atoms with van der Waals surface area (Å²) in [6.07, 6.45) is 3.21. The van der Waals surface area contributed by atoms with Crippen molar-refractivity contribution in [2.75, 3.05) is 5.32 Å². The van der Waals surface area contributed by atoms with Crippen molar-refractivity contribution in [3.05, 3.63) is 58.1 Å². The van der Waals surface area contributed by atoms with E-state index in [2.05, 4.69) is 10.3 Å². The fourth-order valence-corrected chi connectivity index (χ4v) is 1.56. The van der Waals surface area contributed by atoms with Crippen LogP contribution in [0.3, 0.4) is 0 Å². The topological polar surface area (TPSA) is 64.0 Å². The molecule has 2 heterocycles. The Morgan fingerprint density at radius 2 is 2.17 bits per heavy atom. The van der Waals surface area contributed by atoms with Crippen molar-refractivity contribution in [3.8, 4) is 0 Å². The fourth-order valence-electron chi connectivity index (χ4n) is 1.56. The van der Waals surface area contributed by atoms with Crippen LogP contribution in [-0.2, 0) is 7.05 Å². The molecule has 0 saturated heterocycles. The predicted octanol–water partition coefficient (Wildman–Crippen LogP) is 1.34. The molecule has 0 bridgehead atoms. The number of hydrogen-bond acceptors (Lipinski definition) is 3. The van der Waals surface area contributed by atoms with Crippen molar-refractivity contribution in [1.82, 2.24) is 9.55 Å². The van der Waals surface area contributed by atoms with Crippen LogP contribution in [0.1, 0.15) is 15.9 Å². The lowest BCUT2D eigenvalue weighted by molar-refractivity contribution is 0.102. The van der Waals surface area contributed by atoms with E-state index in [4.69, 9.17) is 0 Å². The van der Waals surface area contributed by atoms with Gasteiger partial charge in [0.1, 0.15) is 11.4 Å². The third kappa shape index (κ3) is 2.45. The number of nitrogens with zero attached hydrogens (tertiary/aromatic N) is 2. The predicted molar refractivity (Wildman–Crippen MR) is 68.6 cm³/mol. The van der Waals surface area contributed by atoms with Crippen LogP contribution in [0.15, 0.2) is 41.5 Å². The van der Waals surface area contributed by atoms with Crippen molar-refractivity contribution in [1.29, 1.82) is 0 Å². The summed E-state index contributed by atoms with van der Waals surface area (Å²) in [6, 6.07) is 6.72. The van der Waals surface area contributed by atoms with Crippen LogP contribution in [0.2, 0.25) is 0 Å². The van der Waals surface area contributed by atoms with Gasteiger partial charge >= 0.3 is 0 Å². The Hall–Kier alpha value is -2.43. The van der Waals surface area contributed by atoms with Gasteiger partial charge in [0.05, 0.1) is 0 Å². The second-order valence-electron chi connectivity index (χ2n) is 4.01. The van der Waals surface area contributed by atoms with E-state index in [-0.39, 0.29) is 11.1 Å². The minimum atomic E-state index is -0.450. The summed E-state index contributed by atoms with van der Waals surface area (Å²) in [7, 11) is 1.60. The smallest absolute Gasteiger partial charge is 0.263 e. The molecule has 2 rings (SSSR count). The van der Waals surface area contributed by atoms with E-state index in [9.17, 15) is 9.59 Å². The molecule has 1 amide bonds. The van der Waals surface area contributed by atoms with Gasteiger partial charge in [-0.25, -0.2) is 4.98 Å². The molecular weight excluding hydrogens is 230 g/mol. The van der Waals surface area contributed by atoms with Gasteiger partial charge in [-0.2, -0.15) is 0 Å². The van der Waals surface area contributed by atoms with E-state index in [1.54, 1.807) is 31.6 Å². The minimum absolute atomic E-state index is 0.100. The Morgan fingerprint density at radius 1 is 1.39 bits per heavy atom. The van der Waals surface area contributed by atoms with Crippen molar-refractivity contribution < 1.29 is 4.79 Å². The van der Waals surface area contributed by atoms with E-state index in [0.29, 0.717) is 5.82 Å². The average Bonchev–Trinajstić information content (AvgIpc) is 2.32. The number of anilines is 1. The Kier molecular flexibility index (Phi) is 3.23. The molecule has 5 nitrogen and oxygen atoms in total. The summed E-state index contributed by atoms with van der Waals surface area (Å²) in [5, 5.41) is 2.60. The number of amides is 1. The standard InChI is InChI=1S/C13H13N3O2/c1-9-5-6-14-11(8-9)15-12(17)10-4-3-7-16(2)13(10)18/h3-8H,1-2H3,(H,14,15,17). The Bertz CT molecular complexity index is 647. The van der Waals surface area contributed by atoms with Crippen molar-refractivity contribution in [2.24, 2.45) is 7.05 Å². The number of aryl methyl sites for hydroxylation is 2. The molecule has 0 fully saturated rings. The molecule has 0 aromatic carbocycles. The molecule has 2 aromatic rings. The van der Waals surface area contributed by atoms with E-state index < -0.39 is 5.91 Å². The summed E-state index contributed by atoms with van der Waals surface area (Å²) in [5.41, 5.74) is 0.757. The maximum atomic E-state index is 11.9. The number of hydrogen-bond donors (Lipinski definition) is 1. The van der Waals surface area contributed by atoms with E-state index >= 15 is 0 Å². The third-order valence-corrected chi connectivity index (χ3v) is 2.52. The summed E-state index contributed by atoms with van der Waals surface area (Å²) in [6.45, 7) is 1.90. The zero-order valence-corrected chi connectivity index (χ0v) is 10.2. The summed E-state index contributed by atoms with van der Waals surface area (Å²) in [4.78, 5) is 27.7. The second kappa shape index (κ2) is 4.83. The van der Waals surface area contributed by atoms with Crippen LogP contribution in [0.5, 0.6) is 0 Å². The summed E-state index contributed by atoms with van der Waals surface area (Å²) in [5.74, 6) is -0.0137. The van der Waals surface area contributed by atoms with Gasteiger partial charge in [0.25, 0.3) is 11.5 Å². The lowest BCUT2D eigenvalue weighted by Crippen LogP contribution is -2.27. The molecule has 0 aliphatic heterocycles. The quantitative estimate of drug-likeness (QED) is 0.865. The minimum Gasteiger partial charge on any atom is -0.318 e. The largest absolute Gasteiger partial charge is 0.318 e. The highest BCUT2D eigenvalue weighted by molar-refractivity contribution is 6.03. The molecule has 0 saturated carbocycles. The Labute approximate surface area is 104 Å². The highest BCUT2D eigenvalue weighted by Crippen LogP contribution is 2.06. The number of carbonyl (C=O) groups is 1. The van der Waals surface area contributed by atoms with Crippen LogP contribution in [0.4, 0.5) is 5.82 Å². The summed E-state index contributed by atoms with van der Waals surface area (Å²) < 4.78 is 1.36. The lowest BCUT2D eigenvalue weighted by atomic mass is 10.2. The second-order valence-corrected chi connectivity index (χ2v) is 4.01. The first-order valence-electron chi connectivity index (χ1n) is 5.47. The van der Waals surface area contributed by atoms with Crippen molar-refractivity contribution >= 4 is 11.7 Å². The molecule has 2 aromatic heterocycles. The highest BCUT2D eigenvalue weighted by atomic mass is 16.2. The van der Waals surface area contributed by atoms with Gasteiger partial charge in [-0.3, -0.25) is 9.59 Å². The number of rotatable bonds is 2. The van der Waals surface area contributed by atoms with Crippen LogP contribution in [-0.4, -0.2) is 15.5 Å². The van der Waals surface area contributed by atoms with Crippen LogP contribution in [0.25, 0.3) is 0 Å². The van der Waals surface area contributed by atoms with Gasteiger partial charge in [-0.1, -0.05) is 0 Å². The van der Waals surface area contributed by atoms with Gasteiger partial charge in [-0.05, 0) is 36.8 Å². The number of pyridine rings is 2. The Balaban J connectivity index is 2.28. The van der Waals surface area contributed by atoms with E-state index in [1.165, 1.54) is 10.6 Å². The monoisotopic (exact) mass is 243 g/mol. The maximum Gasteiger partial charge on any atom is 0.263 e. The van der Waals surface area contributed by atoms with Gasteiger partial charge in [-0.15, -0.1) is 0 Å². The van der Waals surface area contributed by atoms with E-state index in [0.717, 1.165) is 5.56 Å². The molecular formula is C13H13N3O2. The van der Waals surface area contributed by atoms with Crippen molar-refractivity contribution in [3.63, 3.8) is 0 Å². The van der Waals surface area contributed by atoms with Crippen molar-refractivity contribution in [2.45, 2.75) is 6.92 Å². The van der Waals surface area contributed by atoms with Gasteiger partial charge in [0, 0.05) is 19.4 Å². The van der Waals surface area contributed by atoms with Gasteiger partial charge in [0.15, 0.2) is 0 Å². The van der Waals surface area contributed by atoms with E-state index in [1.807, 2.05) is 13.0 Å². The molecule has 92 valence electrons. The average molecular weight is 243 g/mol. The first kappa shape index (κ1) is 12.0. The maximum absolute atomic E-state index is 11.9. The molecule has 18 heavy (non-hydrogen) atoms. The van der Waals surface area contributed by atoms with Crippen LogP contribution in [0, 0.1) is 6.92 Å². The normalized spacial score (nSPS) is 10.1. The number of carbonyl (C=O) groups excluding carboxylic acids is 1. The zero-order chi connectivity index (χ0) is 13.1. The SMILES string of the molecule is Cc1ccnc(NC(=O)c2cccn(C)c2=O)c1. The number of nitrogens with one attached hydrogen (secondary N) is 1. The third-order valence-electron chi connectivity index (χ3n) is 2.52. The molecule has 1 N–H and O–H groups in total. The molecule has 0 aliphatic carbocycles. The molecule has 0 atom stereocenters.